The van der Waals surface area contributed by atoms with Gasteiger partial charge in [0, 0.05) is 16.6 Å². The molecule has 0 bridgehead atoms. The highest BCUT2D eigenvalue weighted by atomic mass is 14.7. The molecule has 5 aromatic rings. The van der Waals surface area contributed by atoms with E-state index in [9.17, 15) is 0 Å². The second-order valence-corrected chi connectivity index (χ2v) is 8.12. The summed E-state index contributed by atoms with van der Waals surface area (Å²) in [6.45, 7) is 0. The quantitative estimate of drug-likeness (QED) is 0.333. The van der Waals surface area contributed by atoms with E-state index in [4.69, 9.17) is 10.7 Å². The first-order valence-corrected chi connectivity index (χ1v) is 10.4. The molecule has 2 nitrogen and oxygen atoms in total. The number of benzene rings is 4. The predicted octanol–water partition coefficient (Wildman–Crippen LogP) is 6.67. The van der Waals surface area contributed by atoms with Gasteiger partial charge in [-0.25, -0.2) is 4.98 Å². The van der Waals surface area contributed by atoms with Crippen LogP contribution in [0.4, 0.5) is 5.69 Å². The normalized spacial score (nSPS) is 13.8. The smallest absolute Gasteiger partial charge is 0.0730 e. The molecule has 140 valence electrons. The zero-order valence-electron chi connectivity index (χ0n) is 16.3. The van der Waals surface area contributed by atoms with Gasteiger partial charge in [0.15, 0.2) is 0 Å². The summed E-state index contributed by atoms with van der Waals surface area (Å²) in [6, 6.07) is 25.9. The average molecular weight is 374 g/mol. The summed E-state index contributed by atoms with van der Waals surface area (Å²) in [5.74, 6) is 0. The van der Waals surface area contributed by atoms with Gasteiger partial charge in [0.25, 0.3) is 0 Å². The van der Waals surface area contributed by atoms with Crippen molar-refractivity contribution in [2.24, 2.45) is 0 Å². The lowest BCUT2D eigenvalue weighted by molar-refractivity contribution is 0.690. The summed E-state index contributed by atoms with van der Waals surface area (Å²) < 4.78 is 0. The van der Waals surface area contributed by atoms with Crippen LogP contribution >= 0.6 is 0 Å². The van der Waals surface area contributed by atoms with E-state index in [0.717, 1.165) is 27.8 Å². The number of anilines is 1. The Hall–Kier alpha value is -3.39. The molecular formula is C27H22N2. The molecule has 0 unspecified atom stereocenters. The van der Waals surface area contributed by atoms with Gasteiger partial charge in [-0.05, 0) is 76.6 Å². The lowest BCUT2D eigenvalue weighted by atomic mass is 9.86. The molecule has 0 aliphatic heterocycles. The van der Waals surface area contributed by atoms with E-state index < -0.39 is 0 Å². The molecule has 1 aliphatic rings. The van der Waals surface area contributed by atoms with E-state index in [-0.39, 0.29) is 0 Å². The number of aromatic nitrogens is 1. The van der Waals surface area contributed by atoms with Crippen molar-refractivity contribution < 1.29 is 0 Å². The van der Waals surface area contributed by atoms with Crippen molar-refractivity contribution in [3.05, 3.63) is 83.9 Å². The van der Waals surface area contributed by atoms with Gasteiger partial charge >= 0.3 is 0 Å². The summed E-state index contributed by atoms with van der Waals surface area (Å²) in [6.07, 6.45) is 5.04. The van der Waals surface area contributed by atoms with Gasteiger partial charge in [-0.3, -0.25) is 0 Å². The number of hydrogen-bond acceptors (Lipinski definition) is 2. The van der Waals surface area contributed by atoms with Crippen LogP contribution in [0.3, 0.4) is 0 Å². The Labute approximate surface area is 170 Å². The summed E-state index contributed by atoms with van der Waals surface area (Å²) >= 11 is 0. The van der Waals surface area contributed by atoms with Gasteiger partial charge in [0.05, 0.1) is 11.2 Å². The van der Waals surface area contributed by atoms with Gasteiger partial charge in [0.2, 0.25) is 0 Å². The molecule has 2 heteroatoms. The molecule has 2 N–H and O–H groups in total. The van der Waals surface area contributed by atoms with Gasteiger partial charge in [-0.15, -0.1) is 0 Å². The fourth-order valence-corrected chi connectivity index (χ4v) is 4.91. The van der Waals surface area contributed by atoms with Gasteiger partial charge in [0.1, 0.15) is 0 Å². The predicted molar refractivity (Wildman–Crippen MR) is 123 cm³/mol. The first kappa shape index (κ1) is 16.6. The summed E-state index contributed by atoms with van der Waals surface area (Å²) in [4.78, 5) is 4.85. The Balaban J connectivity index is 1.54. The van der Waals surface area contributed by atoms with Crippen molar-refractivity contribution >= 4 is 38.1 Å². The second kappa shape index (κ2) is 6.31. The molecular weight excluding hydrogens is 352 g/mol. The van der Waals surface area contributed by atoms with E-state index in [0.29, 0.717) is 0 Å². The van der Waals surface area contributed by atoms with Crippen LogP contribution in [0, 0.1) is 0 Å². The number of aryl methyl sites for hydroxylation is 2. The van der Waals surface area contributed by atoms with Gasteiger partial charge < -0.3 is 5.73 Å². The van der Waals surface area contributed by atoms with Crippen LogP contribution in [0.2, 0.25) is 0 Å². The van der Waals surface area contributed by atoms with Crippen molar-refractivity contribution in [2.45, 2.75) is 25.7 Å². The molecule has 29 heavy (non-hydrogen) atoms. The molecule has 0 fully saturated rings. The van der Waals surface area contributed by atoms with E-state index in [2.05, 4.69) is 42.5 Å². The highest BCUT2D eigenvalue weighted by Crippen LogP contribution is 2.35. The average Bonchev–Trinajstić information content (AvgIpc) is 2.78. The number of hydrogen-bond donors (Lipinski definition) is 1. The number of nitrogens with zero attached hydrogens (tertiary/aromatic N) is 1. The maximum atomic E-state index is 6.31. The maximum absolute atomic E-state index is 6.31. The number of nitrogens with two attached hydrogens (primary N) is 1. The Kier molecular flexibility index (Phi) is 3.60. The Morgan fingerprint density at radius 1 is 0.690 bits per heavy atom. The highest BCUT2D eigenvalue weighted by molar-refractivity contribution is 6.09. The highest BCUT2D eigenvalue weighted by Gasteiger charge is 2.14. The third-order valence-corrected chi connectivity index (χ3v) is 6.39. The Morgan fingerprint density at radius 2 is 1.52 bits per heavy atom. The van der Waals surface area contributed by atoms with E-state index in [1.807, 2.05) is 30.3 Å². The molecule has 1 aliphatic carbocycles. The topological polar surface area (TPSA) is 38.9 Å². The van der Waals surface area contributed by atoms with Gasteiger partial charge in [-0.2, -0.15) is 0 Å². The van der Waals surface area contributed by atoms with Crippen LogP contribution in [0.1, 0.15) is 24.0 Å². The molecule has 1 heterocycles. The SMILES string of the molecule is Nc1cc(-c2ccc3c(ccc4c5c(ccc43)CCCC5)c2)nc2ccccc12. The van der Waals surface area contributed by atoms with Crippen molar-refractivity contribution in [3.8, 4) is 11.3 Å². The van der Waals surface area contributed by atoms with Crippen molar-refractivity contribution in [1.29, 1.82) is 0 Å². The molecule has 0 saturated carbocycles. The standard InChI is InChI=1S/C27H22N2/c28-25-16-27(29-26-8-4-3-7-24(25)26)19-11-12-21-18(15-19)10-14-22-20-6-2-1-5-17(20)9-13-23(21)22/h3-4,7-16H,1-2,5-6H2,(H2,28,29). The molecule has 6 rings (SSSR count). The van der Waals surface area contributed by atoms with Crippen LogP contribution in [-0.2, 0) is 12.8 Å². The van der Waals surface area contributed by atoms with Crippen LogP contribution in [0.25, 0.3) is 43.7 Å². The Morgan fingerprint density at radius 3 is 2.48 bits per heavy atom. The van der Waals surface area contributed by atoms with Gasteiger partial charge in [-0.1, -0.05) is 54.6 Å². The summed E-state index contributed by atoms with van der Waals surface area (Å²) in [5.41, 5.74) is 13.1. The van der Waals surface area contributed by atoms with Crippen molar-refractivity contribution in [3.63, 3.8) is 0 Å². The minimum atomic E-state index is 0.774. The van der Waals surface area contributed by atoms with Crippen molar-refractivity contribution in [1.82, 2.24) is 4.98 Å². The lowest BCUT2D eigenvalue weighted by Gasteiger charge is -2.19. The number of pyridine rings is 1. The number of rotatable bonds is 1. The van der Waals surface area contributed by atoms with E-state index in [1.54, 1.807) is 5.56 Å². The summed E-state index contributed by atoms with van der Waals surface area (Å²) in [7, 11) is 0. The van der Waals surface area contributed by atoms with Crippen LogP contribution in [0.15, 0.2) is 72.8 Å². The summed E-state index contributed by atoms with van der Waals surface area (Å²) in [5, 5.41) is 6.36. The van der Waals surface area contributed by atoms with Crippen LogP contribution in [0.5, 0.6) is 0 Å². The van der Waals surface area contributed by atoms with E-state index >= 15 is 0 Å². The number of para-hydroxylation sites is 1. The largest absolute Gasteiger partial charge is 0.398 e. The monoisotopic (exact) mass is 374 g/mol. The number of fused-ring (bicyclic) bond motifs is 6. The second-order valence-electron chi connectivity index (χ2n) is 8.12. The maximum Gasteiger partial charge on any atom is 0.0730 e. The molecule has 1 aromatic heterocycles. The van der Waals surface area contributed by atoms with Crippen molar-refractivity contribution in [2.75, 3.05) is 5.73 Å². The molecule has 0 radical (unpaired) electrons. The Bertz CT molecular complexity index is 1420. The molecule has 0 spiro atoms. The first-order valence-electron chi connectivity index (χ1n) is 10.4. The van der Waals surface area contributed by atoms with Crippen LogP contribution < -0.4 is 5.73 Å². The minimum absolute atomic E-state index is 0.774. The lowest BCUT2D eigenvalue weighted by Crippen LogP contribution is -2.03. The molecule has 4 aromatic carbocycles. The molecule has 0 saturated heterocycles. The number of nitrogen functional groups attached to an aromatic ring is 1. The fourth-order valence-electron chi connectivity index (χ4n) is 4.91. The minimum Gasteiger partial charge on any atom is -0.398 e. The third kappa shape index (κ3) is 2.60. The molecule has 0 atom stereocenters. The van der Waals surface area contributed by atoms with E-state index in [1.165, 1.54) is 52.8 Å². The van der Waals surface area contributed by atoms with Crippen LogP contribution in [-0.4, -0.2) is 4.98 Å². The first-order chi connectivity index (χ1) is 14.3. The third-order valence-electron chi connectivity index (χ3n) is 6.39. The molecule has 0 amide bonds. The zero-order valence-corrected chi connectivity index (χ0v) is 16.3. The fraction of sp³-hybridized carbons (Fsp3) is 0.148. The zero-order chi connectivity index (χ0) is 19.4.